The van der Waals surface area contributed by atoms with Crippen molar-refractivity contribution >= 4 is 21.5 Å². The minimum Gasteiger partial charge on any atom is -0.481 e. The number of aliphatic carboxylic acids is 1. The molecule has 116 valence electrons. The van der Waals surface area contributed by atoms with Crippen LogP contribution in [-0.4, -0.2) is 37.8 Å². The van der Waals surface area contributed by atoms with Crippen molar-refractivity contribution in [3.05, 3.63) is 24.3 Å². The lowest BCUT2D eigenvalue weighted by molar-refractivity contribution is -0.142. The number of carboxylic acid groups (broad SMARTS) is 1. The van der Waals surface area contributed by atoms with Crippen LogP contribution in [0.2, 0.25) is 0 Å². The van der Waals surface area contributed by atoms with Crippen molar-refractivity contribution in [1.82, 2.24) is 0 Å². The molecule has 1 heterocycles. The molecule has 1 saturated heterocycles. The molecule has 1 aliphatic heterocycles. The fourth-order valence-electron chi connectivity index (χ4n) is 2.87. The molecule has 2 rings (SSSR count). The number of anilines is 1. The lowest BCUT2D eigenvalue weighted by Crippen LogP contribution is -2.43. The maximum atomic E-state index is 12.2. The second-order valence-electron chi connectivity index (χ2n) is 5.47. The summed E-state index contributed by atoms with van der Waals surface area (Å²) in [6, 6.07) is 6.98. The number of rotatable bonds is 4. The van der Waals surface area contributed by atoms with Gasteiger partial charge in [-0.15, -0.1) is 0 Å². The van der Waals surface area contributed by atoms with E-state index in [9.17, 15) is 13.2 Å². The Bertz CT molecular complexity index is 626. The second-order valence-corrected chi connectivity index (χ2v) is 7.72. The minimum absolute atomic E-state index is 0.00746. The van der Waals surface area contributed by atoms with Crippen molar-refractivity contribution in [2.45, 2.75) is 37.6 Å². The third-order valence-corrected chi connectivity index (χ3v) is 5.89. The van der Waals surface area contributed by atoms with Gasteiger partial charge in [0.05, 0.1) is 22.3 Å². The molecule has 5 nitrogen and oxygen atoms in total. The second kappa shape index (κ2) is 6.05. The summed E-state index contributed by atoms with van der Waals surface area (Å²) < 4.78 is 24.4. The zero-order valence-corrected chi connectivity index (χ0v) is 13.1. The maximum Gasteiger partial charge on any atom is 0.306 e. The monoisotopic (exact) mass is 311 g/mol. The van der Waals surface area contributed by atoms with Crippen LogP contribution in [-0.2, 0) is 14.6 Å². The number of hydrogen-bond donors (Lipinski definition) is 1. The van der Waals surface area contributed by atoms with Gasteiger partial charge in [-0.1, -0.05) is 19.1 Å². The van der Waals surface area contributed by atoms with Gasteiger partial charge < -0.3 is 10.0 Å². The molecule has 0 aromatic heterocycles. The molecule has 0 aliphatic carbocycles. The Morgan fingerprint density at radius 3 is 2.62 bits per heavy atom. The number of carboxylic acids is 1. The van der Waals surface area contributed by atoms with Crippen LogP contribution >= 0.6 is 0 Å². The Morgan fingerprint density at radius 2 is 2.05 bits per heavy atom. The molecule has 0 saturated carbocycles. The number of piperidine rings is 1. The Hall–Kier alpha value is -1.56. The SMILES string of the molecule is CCS(=O)(=O)c1ccccc1N1CCC(C(=O)O)CC1C. The van der Waals surface area contributed by atoms with Crippen molar-refractivity contribution in [2.75, 3.05) is 17.2 Å². The minimum atomic E-state index is -3.29. The van der Waals surface area contributed by atoms with Gasteiger partial charge in [-0.2, -0.15) is 0 Å². The molecule has 0 radical (unpaired) electrons. The van der Waals surface area contributed by atoms with Crippen molar-refractivity contribution in [2.24, 2.45) is 5.92 Å². The molecule has 1 fully saturated rings. The predicted octanol–water partition coefficient (Wildman–Crippen LogP) is 2.17. The van der Waals surface area contributed by atoms with Gasteiger partial charge in [-0.3, -0.25) is 4.79 Å². The standard InChI is InChI=1S/C15H21NO4S/c1-3-21(19,20)14-7-5-4-6-13(14)16-9-8-12(15(17)18)10-11(16)2/h4-7,11-12H,3,8-10H2,1-2H3,(H,17,18). The van der Waals surface area contributed by atoms with Gasteiger partial charge in [0, 0.05) is 12.6 Å². The molecule has 0 amide bonds. The fraction of sp³-hybridized carbons (Fsp3) is 0.533. The van der Waals surface area contributed by atoms with Crippen molar-refractivity contribution in [1.29, 1.82) is 0 Å². The van der Waals surface area contributed by atoms with Crippen LogP contribution in [0.5, 0.6) is 0 Å². The molecule has 2 atom stereocenters. The van der Waals surface area contributed by atoms with Crippen LogP contribution in [0.3, 0.4) is 0 Å². The van der Waals surface area contributed by atoms with Crippen LogP contribution in [0.4, 0.5) is 5.69 Å². The maximum absolute atomic E-state index is 12.2. The first-order valence-electron chi connectivity index (χ1n) is 7.18. The molecule has 21 heavy (non-hydrogen) atoms. The first-order chi connectivity index (χ1) is 9.86. The zero-order valence-electron chi connectivity index (χ0n) is 12.3. The molecule has 6 heteroatoms. The van der Waals surface area contributed by atoms with Gasteiger partial charge >= 0.3 is 5.97 Å². The van der Waals surface area contributed by atoms with Gasteiger partial charge in [0.1, 0.15) is 0 Å². The van der Waals surface area contributed by atoms with E-state index in [0.29, 0.717) is 30.0 Å². The summed E-state index contributed by atoms with van der Waals surface area (Å²) in [7, 11) is -3.29. The van der Waals surface area contributed by atoms with Gasteiger partial charge in [0.25, 0.3) is 0 Å². The number of benzene rings is 1. The third-order valence-electron chi connectivity index (χ3n) is 4.12. The molecular weight excluding hydrogens is 290 g/mol. The van der Waals surface area contributed by atoms with E-state index < -0.39 is 15.8 Å². The third kappa shape index (κ3) is 3.20. The average molecular weight is 311 g/mol. The van der Waals surface area contributed by atoms with Crippen molar-refractivity contribution in [3.63, 3.8) is 0 Å². The van der Waals surface area contributed by atoms with Gasteiger partial charge in [0.2, 0.25) is 0 Å². The van der Waals surface area contributed by atoms with E-state index in [1.54, 1.807) is 25.1 Å². The highest BCUT2D eigenvalue weighted by Gasteiger charge is 2.32. The normalized spacial score (nSPS) is 23.0. The van der Waals surface area contributed by atoms with E-state index in [1.807, 2.05) is 17.9 Å². The average Bonchev–Trinajstić information content (AvgIpc) is 2.47. The number of carbonyl (C=O) groups is 1. The smallest absolute Gasteiger partial charge is 0.306 e. The van der Waals surface area contributed by atoms with Crippen molar-refractivity contribution < 1.29 is 18.3 Å². The highest BCUT2D eigenvalue weighted by Crippen LogP contribution is 2.33. The largest absolute Gasteiger partial charge is 0.481 e. The molecule has 1 aromatic carbocycles. The number of para-hydroxylation sites is 1. The quantitative estimate of drug-likeness (QED) is 0.922. The van der Waals surface area contributed by atoms with E-state index in [1.165, 1.54) is 0 Å². The predicted molar refractivity (Wildman–Crippen MR) is 81.3 cm³/mol. The van der Waals surface area contributed by atoms with Crippen LogP contribution < -0.4 is 4.90 Å². The summed E-state index contributed by atoms with van der Waals surface area (Å²) in [5.41, 5.74) is 0.690. The summed E-state index contributed by atoms with van der Waals surface area (Å²) in [6.45, 7) is 4.14. The Labute approximate surface area is 125 Å². The molecule has 1 N–H and O–H groups in total. The van der Waals surface area contributed by atoms with Crippen molar-refractivity contribution in [3.8, 4) is 0 Å². The van der Waals surface area contributed by atoms with E-state index >= 15 is 0 Å². The number of nitrogens with zero attached hydrogens (tertiary/aromatic N) is 1. The van der Waals surface area contributed by atoms with E-state index in [-0.39, 0.29) is 17.7 Å². The highest BCUT2D eigenvalue weighted by molar-refractivity contribution is 7.91. The lowest BCUT2D eigenvalue weighted by Gasteiger charge is -2.38. The highest BCUT2D eigenvalue weighted by atomic mass is 32.2. The van der Waals surface area contributed by atoms with Crippen LogP contribution in [0.1, 0.15) is 26.7 Å². The molecule has 2 unspecified atom stereocenters. The molecule has 1 aliphatic rings. The zero-order chi connectivity index (χ0) is 15.6. The molecule has 1 aromatic rings. The first kappa shape index (κ1) is 15.8. The summed E-state index contributed by atoms with van der Waals surface area (Å²) >= 11 is 0. The molecule has 0 bridgehead atoms. The lowest BCUT2D eigenvalue weighted by atomic mass is 9.91. The summed E-state index contributed by atoms with van der Waals surface area (Å²) in [5.74, 6) is -1.05. The summed E-state index contributed by atoms with van der Waals surface area (Å²) in [4.78, 5) is 13.5. The summed E-state index contributed by atoms with van der Waals surface area (Å²) in [5, 5.41) is 9.12. The Morgan fingerprint density at radius 1 is 1.38 bits per heavy atom. The van der Waals surface area contributed by atoms with E-state index in [2.05, 4.69) is 0 Å². The van der Waals surface area contributed by atoms with E-state index in [0.717, 1.165) is 0 Å². The van der Waals surface area contributed by atoms with Crippen LogP contribution in [0.15, 0.2) is 29.2 Å². The molecular formula is C15H21NO4S. The fourth-order valence-corrected chi connectivity index (χ4v) is 3.97. The summed E-state index contributed by atoms with van der Waals surface area (Å²) in [6.07, 6.45) is 1.08. The van der Waals surface area contributed by atoms with Gasteiger partial charge in [0.15, 0.2) is 9.84 Å². The number of hydrogen-bond acceptors (Lipinski definition) is 4. The Kier molecular flexibility index (Phi) is 4.56. The van der Waals surface area contributed by atoms with Gasteiger partial charge in [-0.05, 0) is 31.9 Å². The first-order valence-corrected chi connectivity index (χ1v) is 8.83. The topological polar surface area (TPSA) is 74.7 Å². The van der Waals surface area contributed by atoms with Gasteiger partial charge in [-0.25, -0.2) is 8.42 Å². The number of sulfone groups is 1. The van der Waals surface area contributed by atoms with E-state index in [4.69, 9.17) is 5.11 Å². The Balaban J connectivity index is 2.34. The van der Waals surface area contributed by atoms with Crippen LogP contribution in [0.25, 0.3) is 0 Å². The van der Waals surface area contributed by atoms with Crippen LogP contribution in [0, 0.1) is 5.92 Å². The molecule has 0 spiro atoms.